The van der Waals surface area contributed by atoms with Gasteiger partial charge in [-0.2, -0.15) is 0 Å². The molecule has 188 valence electrons. The number of unbranched alkanes of at least 4 members (excludes halogenated alkanes) is 10. The molecule has 0 aromatic rings. The van der Waals surface area contributed by atoms with Crippen LogP contribution in [0.25, 0.3) is 0 Å². The Hall–Kier alpha value is 0.748. The van der Waals surface area contributed by atoms with Crippen LogP contribution in [0.2, 0.25) is 64.5 Å². The summed E-state index contributed by atoms with van der Waals surface area (Å²) in [6, 6.07) is 2.25. The molecule has 2 atom stereocenters. The fourth-order valence-corrected chi connectivity index (χ4v) is 23.0. The first kappa shape index (κ1) is 31.7. The highest BCUT2D eigenvalue weighted by Gasteiger charge is 2.46. The van der Waals surface area contributed by atoms with Crippen LogP contribution in [0.5, 0.6) is 0 Å². The van der Waals surface area contributed by atoms with Crippen LogP contribution < -0.4 is 0 Å². The minimum Gasteiger partial charge on any atom is -0.437 e. The molecular formula is C24H58O3Si4. The van der Waals surface area contributed by atoms with E-state index < -0.39 is 33.8 Å². The van der Waals surface area contributed by atoms with Crippen LogP contribution >= 0.6 is 0 Å². The third kappa shape index (κ3) is 18.8. The fraction of sp³-hybridized carbons (Fsp3) is 1.00. The Kier molecular flexibility index (Phi) is 16.0. The van der Waals surface area contributed by atoms with Crippen molar-refractivity contribution in [3.8, 4) is 0 Å². The Bertz CT molecular complexity index is 411. The predicted octanol–water partition coefficient (Wildman–Crippen LogP) is 9.57. The largest absolute Gasteiger partial charge is 0.437 e. The second-order valence-corrected chi connectivity index (χ2v) is 28.3. The molecule has 0 aliphatic carbocycles. The molecule has 0 saturated heterocycles. The molecule has 3 nitrogen and oxygen atoms in total. The fourth-order valence-electron chi connectivity index (χ4n) is 4.45. The summed E-state index contributed by atoms with van der Waals surface area (Å²) in [7, 11) is -7.84. The van der Waals surface area contributed by atoms with Crippen LogP contribution in [0, 0.1) is 0 Å². The van der Waals surface area contributed by atoms with Crippen molar-refractivity contribution >= 4 is 33.8 Å². The summed E-state index contributed by atoms with van der Waals surface area (Å²) in [4.78, 5) is 0. The van der Waals surface area contributed by atoms with Gasteiger partial charge in [-0.1, -0.05) is 90.9 Å². The van der Waals surface area contributed by atoms with Gasteiger partial charge in [-0.3, -0.25) is 0 Å². The van der Waals surface area contributed by atoms with Gasteiger partial charge in [0.1, 0.15) is 0 Å². The Balaban J connectivity index is 5.13. The normalized spacial score (nSPS) is 16.8. The van der Waals surface area contributed by atoms with E-state index >= 15 is 0 Å². The highest BCUT2D eigenvalue weighted by Crippen LogP contribution is 2.31. The molecule has 0 amide bonds. The van der Waals surface area contributed by atoms with E-state index in [0.717, 1.165) is 12.1 Å². The summed E-state index contributed by atoms with van der Waals surface area (Å²) in [5.41, 5.74) is 0. The van der Waals surface area contributed by atoms with Gasteiger partial charge in [0.25, 0.3) is 0 Å². The Morgan fingerprint density at radius 2 is 0.677 bits per heavy atom. The van der Waals surface area contributed by atoms with Gasteiger partial charge >= 0.3 is 17.1 Å². The van der Waals surface area contributed by atoms with Crippen LogP contribution in [0.1, 0.15) is 90.9 Å². The lowest BCUT2D eigenvalue weighted by atomic mass is 10.1. The molecule has 0 N–H and O–H groups in total. The average molecular weight is 507 g/mol. The van der Waals surface area contributed by atoms with E-state index in [-0.39, 0.29) is 0 Å². The van der Waals surface area contributed by atoms with E-state index in [2.05, 4.69) is 66.2 Å². The van der Waals surface area contributed by atoms with Gasteiger partial charge in [0.15, 0.2) is 16.6 Å². The van der Waals surface area contributed by atoms with Gasteiger partial charge in [-0.25, -0.2) is 0 Å². The maximum atomic E-state index is 7.14. The van der Waals surface area contributed by atoms with Crippen molar-refractivity contribution in [2.75, 3.05) is 0 Å². The van der Waals surface area contributed by atoms with Crippen molar-refractivity contribution < 1.29 is 12.3 Å². The molecule has 0 saturated carbocycles. The standard InChI is InChI=1S/C24H58O3Si4/c1-11-13-15-17-19-21-23-30(9,25-28(3,4)5)27-31(10,26-29(6,7)8)24-22-20-18-16-14-12-2/h11-24H2,1-10H3. The lowest BCUT2D eigenvalue weighted by Crippen LogP contribution is -2.58. The number of hydrogen-bond acceptors (Lipinski definition) is 3. The average Bonchev–Trinajstić information content (AvgIpc) is 2.57. The lowest BCUT2D eigenvalue weighted by Gasteiger charge is -2.43. The first-order valence-electron chi connectivity index (χ1n) is 13.3. The molecule has 0 aliphatic heterocycles. The van der Waals surface area contributed by atoms with E-state index in [1.807, 2.05) is 0 Å². The smallest absolute Gasteiger partial charge is 0.315 e. The van der Waals surface area contributed by atoms with Crippen molar-refractivity contribution in [3.05, 3.63) is 0 Å². The summed E-state index contributed by atoms with van der Waals surface area (Å²) >= 11 is 0. The molecule has 0 aliphatic rings. The minimum atomic E-state index is -2.25. The second-order valence-electron chi connectivity index (χ2n) is 11.8. The van der Waals surface area contributed by atoms with Gasteiger partial charge in [0.05, 0.1) is 0 Å². The quantitative estimate of drug-likeness (QED) is 0.121. The van der Waals surface area contributed by atoms with Crippen LogP contribution in [0.3, 0.4) is 0 Å². The first-order chi connectivity index (χ1) is 14.2. The van der Waals surface area contributed by atoms with Crippen molar-refractivity contribution in [1.29, 1.82) is 0 Å². The van der Waals surface area contributed by atoms with Crippen molar-refractivity contribution in [3.63, 3.8) is 0 Å². The zero-order valence-electron chi connectivity index (χ0n) is 23.1. The molecule has 31 heavy (non-hydrogen) atoms. The molecule has 0 bridgehead atoms. The van der Waals surface area contributed by atoms with Crippen molar-refractivity contribution in [2.45, 2.75) is 155 Å². The summed E-state index contributed by atoms with van der Waals surface area (Å²) in [5, 5.41) is 0. The number of rotatable bonds is 20. The van der Waals surface area contributed by atoms with Crippen molar-refractivity contribution in [2.24, 2.45) is 0 Å². The van der Waals surface area contributed by atoms with E-state index in [4.69, 9.17) is 12.3 Å². The summed E-state index contributed by atoms with van der Waals surface area (Å²) in [6.07, 6.45) is 15.9. The van der Waals surface area contributed by atoms with Crippen LogP contribution in [-0.4, -0.2) is 33.8 Å². The van der Waals surface area contributed by atoms with E-state index in [1.54, 1.807) is 0 Å². The lowest BCUT2D eigenvalue weighted by molar-refractivity contribution is 0.313. The predicted molar refractivity (Wildman–Crippen MR) is 150 cm³/mol. The highest BCUT2D eigenvalue weighted by molar-refractivity contribution is 6.89. The molecule has 0 aromatic carbocycles. The van der Waals surface area contributed by atoms with E-state index in [9.17, 15) is 0 Å². The Labute approximate surface area is 201 Å². The summed E-state index contributed by atoms with van der Waals surface area (Å²) < 4.78 is 20.8. The third-order valence-corrected chi connectivity index (χ3v) is 19.8. The molecular weight excluding hydrogens is 449 g/mol. The minimum absolute atomic E-state index is 1.12. The zero-order valence-corrected chi connectivity index (χ0v) is 27.1. The second kappa shape index (κ2) is 15.6. The van der Waals surface area contributed by atoms with Gasteiger partial charge in [-0.05, 0) is 64.5 Å². The summed E-state index contributed by atoms with van der Waals surface area (Å²) in [5.74, 6) is 0. The van der Waals surface area contributed by atoms with Gasteiger partial charge < -0.3 is 12.3 Å². The van der Waals surface area contributed by atoms with Crippen LogP contribution in [0.15, 0.2) is 0 Å². The maximum Gasteiger partial charge on any atom is 0.315 e. The maximum absolute atomic E-state index is 7.14. The molecule has 7 heteroatoms. The topological polar surface area (TPSA) is 27.7 Å². The Morgan fingerprint density at radius 3 is 0.968 bits per heavy atom. The zero-order chi connectivity index (χ0) is 24.0. The molecule has 0 aromatic heterocycles. The SMILES string of the molecule is CCCCCCCC[Si](C)(O[Si](C)(C)C)O[Si](C)(CCCCCCCC)O[Si](C)(C)C. The molecule has 0 radical (unpaired) electrons. The van der Waals surface area contributed by atoms with Gasteiger partial charge in [0, 0.05) is 0 Å². The number of hydrogen-bond donors (Lipinski definition) is 0. The highest BCUT2D eigenvalue weighted by atomic mass is 28.5. The molecule has 0 rings (SSSR count). The van der Waals surface area contributed by atoms with Gasteiger partial charge in [0.2, 0.25) is 0 Å². The molecule has 0 spiro atoms. The third-order valence-electron chi connectivity index (χ3n) is 5.44. The molecule has 2 unspecified atom stereocenters. The first-order valence-corrected chi connectivity index (χ1v) is 25.2. The molecule has 0 fully saturated rings. The van der Waals surface area contributed by atoms with Crippen LogP contribution in [0.4, 0.5) is 0 Å². The Morgan fingerprint density at radius 1 is 0.387 bits per heavy atom. The van der Waals surface area contributed by atoms with Gasteiger partial charge in [-0.15, -0.1) is 0 Å². The monoisotopic (exact) mass is 506 g/mol. The van der Waals surface area contributed by atoms with Crippen LogP contribution in [-0.2, 0) is 12.3 Å². The van der Waals surface area contributed by atoms with E-state index in [1.165, 1.54) is 77.0 Å². The van der Waals surface area contributed by atoms with Crippen molar-refractivity contribution in [1.82, 2.24) is 0 Å². The molecule has 0 heterocycles. The summed E-state index contributed by atoms with van der Waals surface area (Å²) in [6.45, 7) is 23.1. The van der Waals surface area contributed by atoms with E-state index in [0.29, 0.717) is 0 Å².